The first-order chi connectivity index (χ1) is 9.52. The van der Waals surface area contributed by atoms with Crippen LogP contribution in [-0.4, -0.2) is 35.1 Å². The second kappa shape index (κ2) is 5.56. The van der Waals surface area contributed by atoms with E-state index in [0.717, 1.165) is 0 Å². The van der Waals surface area contributed by atoms with Crippen LogP contribution >= 0.6 is 0 Å². The number of likely N-dealkylation sites (N-methyl/N-ethyl adjacent to an activating group) is 1. The van der Waals surface area contributed by atoms with Gasteiger partial charge in [-0.1, -0.05) is 6.07 Å². The van der Waals surface area contributed by atoms with Crippen molar-refractivity contribution in [2.75, 3.05) is 12.4 Å². The second-order valence-electron chi connectivity index (χ2n) is 4.35. The van der Waals surface area contributed by atoms with Gasteiger partial charge < -0.3 is 15.7 Å². The van der Waals surface area contributed by atoms with Crippen LogP contribution in [0.1, 0.15) is 17.3 Å². The molecule has 1 unspecified atom stereocenters. The fraction of sp³-hybridized carbons (Fsp3) is 0.214. The van der Waals surface area contributed by atoms with Crippen molar-refractivity contribution >= 4 is 28.6 Å². The third-order valence-corrected chi connectivity index (χ3v) is 2.97. The minimum atomic E-state index is -0.989. The molecule has 0 fully saturated rings. The van der Waals surface area contributed by atoms with Crippen molar-refractivity contribution < 1.29 is 14.7 Å². The number of hydrogen-bond acceptors (Lipinski definition) is 4. The van der Waals surface area contributed by atoms with E-state index < -0.39 is 12.0 Å². The number of carboxylic acid groups (broad SMARTS) is 1. The van der Waals surface area contributed by atoms with Crippen molar-refractivity contribution in [2.24, 2.45) is 0 Å². The van der Waals surface area contributed by atoms with Crippen molar-refractivity contribution in [2.45, 2.75) is 13.0 Å². The second-order valence-corrected chi connectivity index (χ2v) is 4.35. The number of pyridine rings is 1. The van der Waals surface area contributed by atoms with Crippen molar-refractivity contribution in [3.63, 3.8) is 0 Å². The molecule has 0 saturated carbocycles. The lowest BCUT2D eigenvalue weighted by Crippen LogP contribution is -2.35. The Morgan fingerprint density at radius 1 is 1.25 bits per heavy atom. The van der Waals surface area contributed by atoms with Crippen LogP contribution < -0.4 is 10.6 Å². The molecule has 20 heavy (non-hydrogen) atoms. The summed E-state index contributed by atoms with van der Waals surface area (Å²) in [6, 6.07) is 7.83. The zero-order chi connectivity index (χ0) is 14.7. The summed E-state index contributed by atoms with van der Waals surface area (Å²) in [5.74, 6) is -0.612. The fourth-order valence-electron chi connectivity index (χ4n) is 1.93. The van der Waals surface area contributed by atoms with E-state index in [1.807, 2.05) is 0 Å². The third-order valence-electron chi connectivity index (χ3n) is 2.97. The Labute approximate surface area is 115 Å². The molecule has 0 aliphatic rings. The summed E-state index contributed by atoms with van der Waals surface area (Å²) in [5, 5.41) is 15.2. The standard InChI is InChI=1S/C14H15N3O3/c1-8(13(18)15-2)16-12-7-6-9-10(14(19)20)4-3-5-11(9)17-12/h3-8H,1-2H3,(H,15,18)(H,16,17)(H,19,20). The molecule has 1 amide bonds. The van der Waals surface area contributed by atoms with E-state index in [1.54, 1.807) is 38.2 Å². The van der Waals surface area contributed by atoms with Gasteiger partial charge in [0, 0.05) is 12.4 Å². The number of amides is 1. The van der Waals surface area contributed by atoms with Gasteiger partial charge in [-0.3, -0.25) is 4.79 Å². The molecule has 0 radical (unpaired) electrons. The van der Waals surface area contributed by atoms with E-state index in [4.69, 9.17) is 5.11 Å². The Kier molecular flexibility index (Phi) is 3.84. The van der Waals surface area contributed by atoms with E-state index in [1.165, 1.54) is 6.07 Å². The molecule has 1 heterocycles. The van der Waals surface area contributed by atoms with Crippen LogP contribution in [0.3, 0.4) is 0 Å². The van der Waals surface area contributed by atoms with Crippen LogP contribution in [0, 0.1) is 0 Å². The van der Waals surface area contributed by atoms with Gasteiger partial charge in [-0.25, -0.2) is 9.78 Å². The van der Waals surface area contributed by atoms with Crippen molar-refractivity contribution in [3.05, 3.63) is 35.9 Å². The molecule has 0 spiro atoms. The molecule has 0 bridgehead atoms. The highest BCUT2D eigenvalue weighted by atomic mass is 16.4. The van der Waals surface area contributed by atoms with Gasteiger partial charge in [0.2, 0.25) is 5.91 Å². The van der Waals surface area contributed by atoms with Gasteiger partial charge >= 0.3 is 5.97 Å². The molecule has 0 saturated heterocycles. The summed E-state index contributed by atoms with van der Waals surface area (Å²) in [7, 11) is 1.56. The van der Waals surface area contributed by atoms with E-state index >= 15 is 0 Å². The molecule has 6 nitrogen and oxygen atoms in total. The van der Waals surface area contributed by atoms with Crippen LogP contribution in [0.5, 0.6) is 0 Å². The minimum Gasteiger partial charge on any atom is -0.478 e. The third kappa shape index (κ3) is 2.69. The van der Waals surface area contributed by atoms with Crippen LogP contribution in [0.25, 0.3) is 10.9 Å². The normalized spacial score (nSPS) is 11.9. The van der Waals surface area contributed by atoms with Crippen LogP contribution in [0.4, 0.5) is 5.82 Å². The van der Waals surface area contributed by atoms with Gasteiger partial charge in [-0.15, -0.1) is 0 Å². The van der Waals surface area contributed by atoms with E-state index in [-0.39, 0.29) is 11.5 Å². The summed E-state index contributed by atoms with van der Waals surface area (Å²) in [6.07, 6.45) is 0. The summed E-state index contributed by atoms with van der Waals surface area (Å²) < 4.78 is 0. The lowest BCUT2D eigenvalue weighted by atomic mass is 10.1. The Morgan fingerprint density at radius 2 is 2.00 bits per heavy atom. The zero-order valence-electron chi connectivity index (χ0n) is 11.2. The summed E-state index contributed by atoms with van der Waals surface area (Å²) in [4.78, 5) is 26.9. The largest absolute Gasteiger partial charge is 0.478 e. The fourth-order valence-corrected chi connectivity index (χ4v) is 1.93. The summed E-state index contributed by atoms with van der Waals surface area (Å²) >= 11 is 0. The van der Waals surface area contributed by atoms with E-state index in [9.17, 15) is 9.59 Å². The SMILES string of the molecule is CNC(=O)C(C)Nc1ccc2c(C(=O)O)cccc2n1. The molecule has 1 aromatic heterocycles. The number of aromatic nitrogens is 1. The van der Waals surface area contributed by atoms with Crippen LogP contribution in [0.2, 0.25) is 0 Å². The predicted octanol–water partition coefficient (Wildman–Crippen LogP) is 1.48. The molecule has 0 aliphatic carbocycles. The highest BCUT2D eigenvalue weighted by Gasteiger charge is 2.13. The van der Waals surface area contributed by atoms with Crippen molar-refractivity contribution in [1.82, 2.24) is 10.3 Å². The van der Waals surface area contributed by atoms with E-state index in [0.29, 0.717) is 16.7 Å². The molecule has 104 valence electrons. The predicted molar refractivity (Wildman–Crippen MR) is 75.9 cm³/mol. The molecule has 1 atom stereocenters. The maximum atomic E-state index is 11.4. The van der Waals surface area contributed by atoms with E-state index in [2.05, 4.69) is 15.6 Å². The quantitative estimate of drug-likeness (QED) is 0.784. The first kappa shape index (κ1) is 13.8. The number of rotatable bonds is 4. The minimum absolute atomic E-state index is 0.147. The first-order valence-corrected chi connectivity index (χ1v) is 6.14. The number of fused-ring (bicyclic) bond motifs is 1. The molecular formula is C14H15N3O3. The number of nitrogens with zero attached hydrogens (tertiary/aromatic N) is 1. The summed E-state index contributed by atoms with van der Waals surface area (Å²) in [5.41, 5.74) is 0.778. The van der Waals surface area contributed by atoms with Crippen molar-refractivity contribution in [1.29, 1.82) is 0 Å². The molecule has 0 aliphatic heterocycles. The maximum absolute atomic E-state index is 11.4. The average molecular weight is 273 g/mol. The summed E-state index contributed by atoms with van der Waals surface area (Å²) in [6.45, 7) is 1.72. The number of carbonyl (C=O) groups is 2. The van der Waals surface area contributed by atoms with Gasteiger partial charge in [0.25, 0.3) is 0 Å². The first-order valence-electron chi connectivity index (χ1n) is 6.14. The Balaban J connectivity index is 2.35. The van der Waals surface area contributed by atoms with Gasteiger partial charge in [-0.2, -0.15) is 0 Å². The molecule has 3 N–H and O–H groups in total. The molecule has 1 aromatic carbocycles. The van der Waals surface area contributed by atoms with Crippen molar-refractivity contribution in [3.8, 4) is 0 Å². The molecule has 6 heteroatoms. The molecule has 2 aromatic rings. The number of nitrogens with one attached hydrogen (secondary N) is 2. The lowest BCUT2D eigenvalue weighted by molar-refractivity contribution is -0.121. The smallest absolute Gasteiger partial charge is 0.336 e. The topological polar surface area (TPSA) is 91.3 Å². The number of hydrogen-bond donors (Lipinski definition) is 3. The van der Waals surface area contributed by atoms with Gasteiger partial charge in [-0.05, 0) is 31.2 Å². The highest BCUT2D eigenvalue weighted by molar-refractivity contribution is 6.02. The Bertz CT molecular complexity index is 670. The number of anilines is 1. The Morgan fingerprint density at radius 3 is 2.65 bits per heavy atom. The monoisotopic (exact) mass is 273 g/mol. The number of aromatic carboxylic acids is 1. The lowest BCUT2D eigenvalue weighted by Gasteiger charge is -2.13. The zero-order valence-corrected chi connectivity index (χ0v) is 11.2. The average Bonchev–Trinajstić information content (AvgIpc) is 2.45. The van der Waals surface area contributed by atoms with Crippen LogP contribution in [-0.2, 0) is 4.79 Å². The van der Waals surface area contributed by atoms with Gasteiger partial charge in [0.15, 0.2) is 0 Å². The maximum Gasteiger partial charge on any atom is 0.336 e. The number of carbonyl (C=O) groups excluding carboxylic acids is 1. The van der Waals surface area contributed by atoms with Gasteiger partial charge in [0.1, 0.15) is 11.9 Å². The van der Waals surface area contributed by atoms with Crippen LogP contribution in [0.15, 0.2) is 30.3 Å². The number of carboxylic acids is 1. The van der Waals surface area contributed by atoms with Gasteiger partial charge in [0.05, 0.1) is 11.1 Å². The Hall–Kier alpha value is -2.63. The highest BCUT2D eigenvalue weighted by Crippen LogP contribution is 2.19. The molecular weight excluding hydrogens is 258 g/mol. The number of benzene rings is 1. The molecule has 2 rings (SSSR count).